The molecule has 0 aliphatic carbocycles. The lowest BCUT2D eigenvalue weighted by atomic mass is 10.2. The van der Waals surface area contributed by atoms with E-state index < -0.39 is 27.3 Å². The topological polar surface area (TPSA) is 107 Å². The van der Waals surface area contributed by atoms with Crippen molar-refractivity contribution < 1.29 is 22.9 Å². The molecule has 0 radical (unpaired) electrons. The van der Waals surface area contributed by atoms with Crippen molar-refractivity contribution in [2.24, 2.45) is 0 Å². The smallest absolute Gasteiger partial charge is 0.310 e. The van der Waals surface area contributed by atoms with E-state index in [9.17, 15) is 23.3 Å². The lowest BCUT2D eigenvalue weighted by Crippen LogP contribution is -2.35. The summed E-state index contributed by atoms with van der Waals surface area (Å²) in [5.74, 6) is -0.602. The number of nitrogens with zero attached hydrogens (tertiary/aromatic N) is 2. The molecule has 3 aromatic carbocycles. The normalized spacial score (nSPS) is 13.9. The largest absolute Gasteiger partial charge is 0.477 e. The number of fused-ring (bicyclic) bond motifs is 2. The lowest BCUT2D eigenvalue weighted by Gasteiger charge is -2.31. The summed E-state index contributed by atoms with van der Waals surface area (Å²) in [4.78, 5) is 24.8. The number of amides is 1. The number of carbonyl (C=O) groups excluding carboxylic acids is 1. The van der Waals surface area contributed by atoms with Crippen LogP contribution in [0.2, 0.25) is 0 Å². The van der Waals surface area contributed by atoms with Crippen LogP contribution in [0.3, 0.4) is 0 Å². The number of rotatable bonds is 4. The first-order valence-corrected chi connectivity index (χ1v) is 10.0. The summed E-state index contributed by atoms with van der Waals surface area (Å²) in [5.41, 5.74) is 0.159. The number of hydrogen-bond acceptors (Lipinski definition) is 6. The Balaban J connectivity index is 1.73. The van der Waals surface area contributed by atoms with E-state index in [2.05, 4.69) is 0 Å². The zero-order chi connectivity index (χ0) is 20.6. The van der Waals surface area contributed by atoms with Crippen LogP contribution in [0.25, 0.3) is 0 Å². The van der Waals surface area contributed by atoms with Crippen LogP contribution in [0, 0.1) is 10.1 Å². The number of para-hydroxylation sites is 4. The van der Waals surface area contributed by atoms with Crippen molar-refractivity contribution in [1.29, 1.82) is 0 Å². The Bertz CT molecular complexity index is 1190. The molecule has 0 fully saturated rings. The van der Waals surface area contributed by atoms with Crippen LogP contribution in [0.4, 0.5) is 17.1 Å². The molecule has 146 valence electrons. The highest BCUT2D eigenvalue weighted by molar-refractivity contribution is 7.92. The molecule has 1 amide bonds. The van der Waals surface area contributed by atoms with E-state index in [1.165, 1.54) is 47.4 Å². The van der Waals surface area contributed by atoms with Crippen LogP contribution in [0.15, 0.2) is 82.6 Å². The van der Waals surface area contributed by atoms with Gasteiger partial charge in [-0.05, 0) is 30.3 Å². The van der Waals surface area contributed by atoms with Crippen LogP contribution in [0.5, 0.6) is 5.75 Å². The van der Waals surface area contributed by atoms with Gasteiger partial charge in [-0.25, -0.2) is 8.42 Å². The molecule has 0 saturated carbocycles. The number of anilines is 2. The second kappa shape index (κ2) is 7.02. The summed E-state index contributed by atoms with van der Waals surface area (Å²) in [6.45, 7) is -0.506. The third kappa shape index (κ3) is 3.11. The maximum absolute atomic E-state index is 13.0. The minimum atomic E-state index is -3.78. The Morgan fingerprint density at radius 2 is 1.41 bits per heavy atom. The summed E-state index contributed by atoms with van der Waals surface area (Å²) in [7, 11) is -3.78. The number of carbonyl (C=O) groups is 1. The Labute approximate surface area is 166 Å². The van der Waals surface area contributed by atoms with E-state index in [-0.39, 0.29) is 32.6 Å². The molecule has 0 spiro atoms. The number of nitro groups is 1. The fraction of sp³-hybridized carbons (Fsp3) is 0.0500. The van der Waals surface area contributed by atoms with Gasteiger partial charge in [-0.15, -0.1) is 0 Å². The van der Waals surface area contributed by atoms with Crippen molar-refractivity contribution in [2.45, 2.75) is 9.79 Å². The van der Waals surface area contributed by atoms with Crippen LogP contribution in [-0.4, -0.2) is 25.9 Å². The zero-order valence-electron chi connectivity index (χ0n) is 14.9. The summed E-state index contributed by atoms with van der Waals surface area (Å²) in [6.07, 6.45) is 0. The Hall–Kier alpha value is -3.72. The molecule has 29 heavy (non-hydrogen) atoms. The van der Waals surface area contributed by atoms with Gasteiger partial charge in [0, 0.05) is 6.07 Å². The third-order valence-corrected chi connectivity index (χ3v) is 6.30. The van der Waals surface area contributed by atoms with Gasteiger partial charge in [0.25, 0.3) is 5.91 Å². The molecule has 0 saturated heterocycles. The molecule has 0 N–H and O–H groups in total. The number of benzene rings is 3. The van der Waals surface area contributed by atoms with Gasteiger partial charge in [0.2, 0.25) is 9.84 Å². The van der Waals surface area contributed by atoms with Crippen LogP contribution in [0.1, 0.15) is 0 Å². The van der Waals surface area contributed by atoms with Gasteiger partial charge in [0.15, 0.2) is 12.4 Å². The first kappa shape index (κ1) is 18.6. The first-order valence-electron chi connectivity index (χ1n) is 8.53. The van der Waals surface area contributed by atoms with Gasteiger partial charge < -0.3 is 4.74 Å². The molecule has 9 heteroatoms. The van der Waals surface area contributed by atoms with E-state index in [1.807, 2.05) is 0 Å². The average Bonchev–Trinajstić information content (AvgIpc) is 2.73. The monoisotopic (exact) mass is 410 g/mol. The number of sulfone groups is 1. The minimum Gasteiger partial charge on any atom is -0.477 e. The number of ether oxygens (including phenoxy) is 1. The van der Waals surface area contributed by atoms with Gasteiger partial charge in [0.1, 0.15) is 0 Å². The second-order valence-corrected chi connectivity index (χ2v) is 8.07. The summed E-state index contributed by atoms with van der Waals surface area (Å²) in [6, 6.07) is 18.1. The fourth-order valence-electron chi connectivity index (χ4n) is 3.19. The van der Waals surface area contributed by atoms with E-state index in [4.69, 9.17) is 4.74 Å². The summed E-state index contributed by atoms with van der Waals surface area (Å²) < 4.78 is 31.2. The lowest BCUT2D eigenvalue weighted by molar-refractivity contribution is -0.385. The van der Waals surface area contributed by atoms with Crippen LogP contribution >= 0.6 is 0 Å². The van der Waals surface area contributed by atoms with Crippen molar-refractivity contribution in [3.63, 3.8) is 0 Å². The van der Waals surface area contributed by atoms with Gasteiger partial charge in [0.05, 0.1) is 26.1 Å². The van der Waals surface area contributed by atoms with Crippen molar-refractivity contribution in [1.82, 2.24) is 0 Å². The molecule has 0 unspecified atom stereocenters. The molecule has 0 bridgehead atoms. The molecule has 4 rings (SSSR count). The summed E-state index contributed by atoms with van der Waals surface area (Å²) in [5, 5.41) is 11.1. The van der Waals surface area contributed by atoms with E-state index in [1.54, 1.807) is 30.3 Å². The van der Waals surface area contributed by atoms with Gasteiger partial charge in [-0.1, -0.05) is 36.4 Å². The van der Waals surface area contributed by atoms with Crippen molar-refractivity contribution in [3.8, 4) is 5.75 Å². The number of hydrogen-bond donors (Lipinski definition) is 0. The van der Waals surface area contributed by atoms with Crippen molar-refractivity contribution >= 4 is 32.8 Å². The number of nitro benzene ring substituents is 1. The molecule has 1 heterocycles. The average molecular weight is 410 g/mol. The Morgan fingerprint density at radius 3 is 2.00 bits per heavy atom. The van der Waals surface area contributed by atoms with E-state index in [0.717, 1.165) is 0 Å². The fourth-order valence-corrected chi connectivity index (χ4v) is 4.81. The third-order valence-electron chi connectivity index (χ3n) is 4.45. The van der Waals surface area contributed by atoms with Crippen molar-refractivity contribution in [3.05, 3.63) is 82.9 Å². The quantitative estimate of drug-likeness (QED) is 0.481. The van der Waals surface area contributed by atoms with Gasteiger partial charge in [-0.3, -0.25) is 19.8 Å². The Kier molecular flexibility index (Phi) is 4.51. The molecule has 1 aliphatic rings. The van der Waals surface area contributed by atoms with Gasteiger partial charge in [-0.2, -0.15) is 0 Å². The predicted octanol–water partition coefficient (Wildman–Crippen LogP) is 3.48. The minimum absolute atomic E-state index is 0.0118. The Morgan fingerprint density at radius 1 is 0.897 bits per heavy atom. The molecule has 0 atom stereocenters. The molecular weight excluding hydrogens is 396 g/mol. The molecule has 3 aromatic rings. The maximum atomic E-state index is 13.0. The highest BCUT2D eigenvalue weighted by atomic mass is 32.2. The van der Waals surface area contributed by atoms with E-state index in [0.29, 0.717) is 0 Å². The van der Waals surface area contributed by atoms with E-state index >= 15 is 0 Å². The highest BCUT2D eigenvalue weighted by Crippen LogP contribution is 2.43. The van der Waals surface area contributed by atoms with Gasteiger partial charge >= 0.3 is 5.69 Å². The standard InChI is InChI=1S/C20H14N2O6S/c23-20(13-28-17-10-4-1-7-14(17)22(24)25)21-15-8-2-5-11-18(15)29(26,27)19-12-6-3-9-16(19)21/h1-12H,13H2. The SMILES string of the molecule is O=C(COc1ccccc1[N+](=O)[O-])N1c2ccccc2S(=O)(=O)c2ccccc21. The molecular formula is C20H14N2O6S. The van der Waals surface area contributed by atoms with Crippen molar-refractivity contribution in [2.75, 3.05) is 11.5 Å². The maximum Gasteiger partial charge on any atom is 0.310 e. The van der Waals surface area contributed by atoms with Crippen LogP contribution < -0.4 is 9.64 Å². The predicted molar refractivity (Wildman–Crippen MR) is 104 cm³/mol. The molecule has 8 nitrogen and oxygen atoms in total. The zero-order valence-corrected chi connectivity index (χ0v) is 15.7. The first-order chi connectivity index (χ1) is 13.9. The second-order valence-electron chi connectivity index (χ2n) is 6.18. The summed E-state index contributed by atoms with van der Waals surface area (Å²) >= 11 is 0. The molecule has 0 aromatic heterocycles. The molecule has 1 aliphatic heterocycles. The highest BCUT2D eigenvalue weighted by Gasteiger charge is 2.36. The van der Waals surface area contributed by atoms with Crippen LogP contribution in [-0.2, 0) is 14.6 Å².